The SMILES string of the molecule is O=c1cnn(C2OC(CO)[C@@H](O)[C@H]2O)c(=O)[nH]1. The van der Waals surface area contributed by atoms with E-state index < -0.39 is 42.4 Å². The summed E-state index contributed by atoms with van der Waals surface area (Å²) < 4.78 is 5.77. The standard InChI is InChI=1S/C8H11N3O6/c12-2-3-5(14)6(15)7(17-3)11-8(16)10-4(13)1-9-11/h1,3,5-7,12,14-15H,2H2,(H,10,13,16)/t3?,5-,6-,7?/m1/s1. The molecule has 0 bridgehead atoms. The summed E-state index contributed by atoms with van der Waals surface area (Å²) in [5, 5.41) is 31.5. The minimum atomic E-state index is -1.41. The van der Waals surface area contributed by atoms with Gasteiger partial charge in [0.1, 0.15) is 24.5 Å². The van der Waals surface area contributed by atoms with Gasteiger partial charge < -0.3 is 20.1 Å². The van der Waals surface area contributed by atoms with Gasteiger partial charge in [-0.25, -0.2) is 4.79 Å². The number of H-pyrrole nitrogens is 1. The van der Waals surface area contributed by atoms with Crippen LogP contribution >= 0.6 is 0 Å². The van der Waals surface area contributed by atoms with Crippen LogP contribution in [0.1, 0.15) is 6.23 Å². The Morgan fingerprint density at radius 2 is 2.12 bits per heavy atom. The van der Waals surface area contributed by atoms with Crippen molar-refractivity contribution in [2.45, 2.75) is 24.5 Å². The van der Waals surface area contributed by atoms with E-state index in [4.69, 9.17) is 9.84 Å². The van der Waals surface area contributed by atoms with Gasteiger partial charge in [0.25, 0.3) is 5.56 Å². The van der Waals surface area contributed by atoms with E-state index in [1.165, 1.54) is 0 Å². The first-order valence-electron chi connectivity index (χ1n) is 4.85. The zero-order chi connectivity index (χ0) is 12.6. The van der Waals surface area contributed by atoms with Crippen molar-refractivity contribution in [2.24, 2.45) is 0 Å². The molecule has 0 radical (unpaired) electrons. The molecule has 0 aromatic carbocycles. The maximum absolute atomic E-state index is 11.4. The van der Waals surface area contributed by atoms with E-state index in [0.717, 1.165) is 6.20 Å². The van der Waals surface area contributed by atoms with Gasteiger partial charge in [0.05, 0.1) is 6.61 Å². The Hall–Kier alpha value is -1.55. The van der Waals surface area contributed by atoms with Crippen LogP contribution in [0.15, 0.2) is 15.8 Å². The average Bonchev–Trinajstić information content (AvgIpc) is 2.57. The maximum Gasteiger partial charge on any atom is 0.347 e. The van der Waals surface area contributed by atoms with Crippen LogP contribution in [0.3, 0.4) is 0 Å². The van der Waals surface area contributed by atoms with Gasteiger partial charge in [-0.15, -0.1) is 0 Å². The molecule has 1 aliphatic rings. The van der Waals surface area contributed by atoms with Crippen molar-refractivity contribution in [3.8, 4) is 0 Å². The number of hydrogen-bond donors (Lipinski definition) is 4. The molecule has 0 saturated carbocycles. The normalized spacial score (nSPS) is 32.9. The highest BCUT2D eigenvalue weighted by atomic mass is 16.6. The quantitative estimate of drug-likeness (QED) is 0.425. The molecule has 9 nitrogen and oxygen atoms in total. The minimum absolute atomic E-state index is 0.507. The Kier molecular flexibility index (Phi) is 3.07. The number of nitrogens with one attached hydrogen (secondary N) is 1. The topological polar surface area (TPSA) is 138 Å². The van der Waals surface area contributed by atoms with Crippen molar-refractivity contribution < 1.29 is 20.1 Å². The lowest BCUT2D eigenvalue weighted by atomic mass is 10.1. The van der Waals surface area contributed by atoms with E-state index in [0.29, 0.717) is 4.68 Å². The van der Waals surface area contributed by atoms with Crippen molar-refractivity contribution in [3.05, 3.63) is 27.0 Å². The lowest BCUT2D eigenvalue weighted by Crippen LogP contribution is -2.39. The van der Waals surface area contributed by atoms with Crippen LogP contribution in [0.2, 0.25) is 0 Å². The number of aromatic amines is 1. The molecule has 0 aliphatic carbocycles. The molecular weight excluding hydrogens is 234 g/mol. The zero-order valence-corrected chi connectivity index (χ0v) is 8.55. The van der Waals surface area contributed by atoms with Crippen molar-refractivity contribution in [2.75, 3.05) is 6.61 Å². The fourth-order valence-corrected chi connectivity index (χ4v) is 1.63. The van der Waals surface area contributed by atoms with Gasteiger partial charge in [0.15, 0.2) is 6.23 Å². The van der Waals surface area contributed by atoms with Crippen molar-refractivity contribution in [1.82, 2.24) is 14.8 Å². The molecule has 17 heavy (non-hydrogen) atoms. The molecule has 0 amide bonds. The summed E-state index contributed by atoms with van der Waals surface area (Å²) in [5.41, 5.74) is -1.55. The highest BCUT2D eigenvalue weighted by Crippen LogP contribution is 2.27. The van der Waals surface area contributed by atoms with Crippen LogP contribution in [0.4, 0.5) is 0 Å². The van der Waals surface area contributed by atoms with Gasteiger partial charge in [0, 0.05) is 0 Å². The third kappa shape index (κ3) is 2.00. The third-order valence-corrected chi connectivity index (χ3v) is 2.50. The summed E-state index contributed by atoms with van der Waals surface area (Å²) in [4.78, 5) is 24.1. The van der Waals surface area contributed by atoms with Gasteiger partial charge >= 0.3 is 5.69 Å². The molecule has 9 heteroatoms. The number of rotatable bonds is 2. The monoisotopic (exact) mass is 245 g/mol. The number of ether oxygens (including phenoxy) is 1. The Morgan fingerprint density at radius 3 is 2.65 bits per heavy atom. The molecule has 0 spiro atoms. The van der Waals surface area contributed by atoms with Crippen molar-refractivity contribution in [3.63, 3.8) is 0 Å². The molecule has 1 aromatic rings. The second kappa shape index (κ2) is 4.37. The predicted octanol–water partition coefficient (Wildman–Crippen LogP) is -3.46. The molecule has 2 unspecified atom stereocenters. The molecular formula is C8H11N3O6. The Bertz CT molecular complexity index is 510. The summed E-state index contributed by atoms with van der Waals surface area (Å²) in [6, 6.07) is 0. The highest BCUT2D eigenvalue weighted by Gasteiger charge is 2.44. The van der Waals surface area contributed by atoms with E-state index in [9.17, 15) is 19.8 Å². The van der Waals surface area contributed by atoms with Crippen LogP contribution in [-0.2, 0) is 4.74 Å². The van der Waals surface area contributed by atoms with E-state index in [-0.39, 0.29) is 0 Å². The summed E-state index contributed by atoms with van der Waals surface area (Å²) in [6.07, 6.45) is -4.15. The van der Waals surface area contributed by atoms with Gasteiger partial charge in [-0.2, -0.15) is 9.78 Å². The smallest absolute Gasteiger partial charge is 0.347 e. The van der Waals surface area contributed by atoms with Gasteiger partial charge in [-0.05, 0) is 0 Å². The number of aliphatic hydroxyl groups excluding tert-OH is 3. The predicted molar refractivity (Wildman–Crippen MR) is 52.1 cm³/mol. The van der Waals surface area contributed by atoms with Crippen LogP contribution in [0.25, 0.3) is 0 Å². The number of aliphatic hydroxyl groups is 3. The second-order valence-electron chi connectivity index (χ2n) is 3.61. The van der Waals surface area contributed by atoms with E-state index in [1.54, 1.807) is 0 Å². The Balaban J connectivity index is 2.35. The van der Waals surface area contributed by atoms with Gasteiger partial charge in [-0.1, -0.05) is 0 Å². The van der Waals surface area contributed by atoms with Crippen LogP contribution in [-0.4, -0.2) is 55.0 Å². The summed E-state index contributed by atoms with van der Waals surface area (Å²) in [5.74, 6) is 0. The van der Waals surface area contributed by atoms with Crippen LogP contribution < -0.4 is 11.2 Å². The van der Waals surface area contributed by atoms with Gasteiger partial charge in [-0.3, -0.25) is 9.78 Å². The molecule has 1 aliphatic heterocycles. The summed E-state index contributed by atoms with van der Waals surface area (Å²) >= 11 is 0. The van der Waals surface area contributed by atoms with Crippen LogP contribution in [0.5, 0.6) is 0 Å². The first-order valence-corrected chi connectivity index (χ1v) is 4.85. The Morgan fingerprint density at radius 1 is 1.41 bits per heavy atom. The van der Waals surface area contributed by atoms with Crippen molar-refractivity contribution in [1.29, 1.82) is 0 Å². The zero-order valence-electron chi connectivity index (χ0n) is 8.55. The fourth-order valence-electron chi connectivity index (χ4n) is 1.63. The lowest BCUT2D eigenvalue weighted by molar-refractivity contribution is -0.0618. The first-order chi connectivity index (χ1) is 8.04. The first kappa shape index (κ1) is 11.9. The average molecular weight is 245 g/mol. The molecule has 1 saturated heterocycles. The molecule has 1 fully saturated rings. The van der Waals surface area contributed by atoms with E-state index >= 15 is 0 Å². The molecule has 4 atom stereocenters. The molecule has 1 aromatic heterocycles. The largest absolute Gasteiger partial charge is 0.394 e. The number of nitrogens with zero attached hydrogens (tertiary/aromatic N) is 2. The third-order valence-electron chi connectivity index (χ3n) is 2.50. The lowest BCUT2D eigenvalue weighted by Gasteiger charge is -2.14. The van der Waals surface area contributed by atoms with Gasteiger partial charge in [0.2, 0.25) is 0 Å². The summed E-state index contributed by atoms with van der Waals surface area (Å²) in [6.45, 7) is -0.507. The number of hydrogen-bond acceptors (Lipinski definition) is 7. The maximum atomic E-state index is 11.4. The van der Waals surface area contributed by atoms with Crippen molar-refractivity contribution >= 4 is 0 Å². The summed E-state index contributed by atoms with van der Waals surface area (Å²) in [7, 11) is 0. The number of aromatic nitrogens is 3. The molecule has 2 heterocycles. The molecule has 4 N–H and O–H groups in total. The van der Waals surface area contributed by atoms with Crippen LogP contribution in [0, 0.1) is 0 Å². The second-order valence-corrected chi connectivity index (χ2v) is 3.61. The minimum Gasteiger partial charge on any atom is -0.394 e. The molecule has 2 rings (SSSR count). The van der Waals surface area contributed by atoms with E-state index in [2.05, 4.69) is 5.10 Å². The Labute approximate surface area is 93.9 Å². The van der Waals surface area contributed by atoms with E-state index in [1.807, 2.05) is 4.98 Å². The highest BCUT2D eigenvalue weighted by molar-refractivity contribution is 4.88. The fraction of sp³-hybridized carbons (Fsp3) is 0.625. The molecule has 94 valence electrons.